The van der Waals surface area contributed by atoms with Gasteiger partial charge in [-0.25, -0.2) is 0 Å². The number of unbranched alkanes of at least 4 members (excludes halogenated alkanes) is 3. The van der Waals surface area contributed by atoms with Gasteiger partial charge in [0.25, 0.3) is 0 Å². The van der Waals surface area contributed by atoms with Gasteiger partial charge in [-0.1, -0.05) is 26.2 Å². The third-order valence-corrected chi connectivity index (χ3v) is 3.31. The maximum atomic E-state index is 11.3. The summed E-state index contributed by atoms with van der Waals surface area (Å²) in [7, 11) is 0. The minimum absolute atomic E-state index is 0.0677. The minimum atomic E-state index is -0.770. The Morgan fingerprint density at radius 3 is 2.17 bits per heavy atom. The second kappa shape index (κ2) is 8.40. The smallest absolute Gasteiger partial charge is 0.309 e. The fourth-order valence-electron chi connectivity index (χ4n) is 2.09. The lowest BCUT2D eigenvalue weighted by atomic mass is 9.80. The molecule has 2 atom stereocenters. The second-order valence-electron chi connectivity index (χ2n) is 5.23. The van der Waals surface area contributed by atoms with Crippen molar-refractivity contribution < 1.29 is 19.8 Å². The number of hydrogen-bond acceptors (Lipinski definition) is 3. The molecular weight excluding hydrogens is 252 g/mol. The van der Waals surface area contributed by atoms with Crippen molar-refractivity contribution >= 4 is 24.6 Å². The van der Waals surface area contributed by atoms with Crippen LogP contribution in [0.2, 0.25) is 0 Å². The van der Waals surface area contributed by atoms with Crippen molar-refractivity contribution in [2.75, 3.05) is 0 Å². The number of carboxylic acids is 2. The standard InChI is InChI=1S/C13H24O4S/c1-10(18)9-13(2,12(16)17)8-6-4-3-5-7-11(14)15/h10,18H,3-9H2,1-2H3,(H,14,15)(H,16,17). The maximum absolute atomic E-state index is 11.3. The van der Waals surface area contributed by atoms with E-state index in [1.807, 2.05) is 6.92 Å². The van der Waals surface area contributed by atoms with E-state index in [4.69, 9.17) is 5.11 Å². The summed E-state index contributed by atoms with van der Waals surface area (Å²) >= 11 is 4.26. The molecule has 0 saturated carbocycles. The third kappa shape index (κ3) is 7.58. The molecule has 0 aliphatic heterocycles. The largest absolute Gasteiger partial charge is 0.481 e. The molecule has 2 unspecified atom stereocenters. The van der Waals surface area contributed by atoms with Gasteiger partial charge in [0.2, 0.25) is 0 Å². The highest BCUT2D eigenvalue weighted by molar-refractivity contribution is 7.80. The molecule has 0 aliphatic carbocycles. The van der Waals surface area contributed by atoms with E-state index < -0.39 is 17.4 Å². The molecule has 2 N–H and O–H groups in total. The molecule has 5 heteroatoms. The van der Waals surface area contributed by atoms with Gasteiger partial charge < -0.3 is 10.2 Å². The molecule has 0 amide bonds. The minimum Gasteiger partial charge on any atom is -0.481 e. The first-order chi connectivity index (χ1) is 8.28. The molecular formula is C13H24O4S. The van der Waals surface area contributed by atoms with Crippen LogP contribution in [0.25, 0.3) is 0 Å². The van der Waals surface area contributed by atoms with Crippen molar-refractivity contribution in [3.63, 3.8) is 0 Å². The highest BCUT2D eigenvalue weighted by Crippen LogP contribution is 2.32. The molecule has 0 radical (unpaired) electrons. The monoisotopic (exact) mass is 276 g/mol. The van der Waals surface area contributed by atoms with Crippen molar-refractivity contribution in [1.82, 2.24) is 0 Å². The van der Waals surface area contributed by atoms with E-state index in [-0.39, 0.29) is 11.7 Å². The topological polar surface area (TPSA) is 74.6 Å². The van der Waals surface area contributed by atoms with Gasteiger partial charge in [0.1, 0.15) is 0 Å². The Kier molecular flexibility index (Phi) is 8.07. The van der Waals surface area contributed by atoms with E-state index in [1.165, 1.54) is 0 Å². The van der Waals surface area contributed by atoms with E-state index in [0.717, 1.165) is 19.3 Å². The highest BCUT2D eigenvalue weighted by atomic mass is 32.1. The Balaban J connectivity index is 3.91. The maximum Gasteiger partial charge on any atom is 0.309 e. The summed E-state index contributed by atoms with van der Waals surface area (Å²) in [4.78, 5) is 21.6. The summed E-state index contributed by atoms with van der Waals surface area (Å²) in [5.41, 5.74) is -0.714. The average Bonchev–Trinajstić information content (AvgIpc) is 2.21. The summed E-state index contributed by atoms with van der Waals surface area (Å²) in [6.45, 7) is 3.66. The van der Waals surface area contributed by atoms with Crippen LogP contribution in [0.4, 0.5) is 0 Å². The van der Waals surface area contributed by atoms with Gasteiger partial charge in [-0.2, -0.15) is 12.6 Å². The summed E-state index contributed by atoms with van der Waals surface area (Å²) in [5, 5.41) is 17.8. The average molecular weight is 276 g/mol. The van der Waals surface area contributed by atoms with Crippen molar-refractivity contribution in [2.45, 2.75) is 64.0 Å². The molecule has 0 saturated heterocycles. The molecule has 0 rings (SSSR count). The van der Waals surface area contributed by atoms with Gasteiger partial charge in [0.15, 0.2) is 0 Å². The molecule has 106 valence electrons. The summed E-state index contributed by atoms with van der Waals surface area (Å²) < 4.78 is 0. The Hall–Kier alpha value is -0.710. The Labute approximate surface area is 114 Å². The number of hydrogen-bond donors (Lipinski definition) is 3. The van der Waals surface area contributed by atoms with Crippen molar-refractivity contribution in [3.05, 3.63) is 0 Å². The number of aliphatic carboxylic acids is 2. The zero-order chi connectivity index (χ0) is 14.2. The molecule has 0 aromatic heterocycles. The van der Waals surface area contributed by atoms with Crippen molar-refractivity contribution in [1.29, 1.82) is 0 Å². The Morgan fingerprint density at radius 2 is 1.72 bits per heavy atom. The predicted molar refractivity (Wildman–Crippen MR) is 74.1 cm³/mol. The van der Waals surface area contributed by atoms with Crippen LogP contribution in [0, 0.1) is 5.41 Å². The zero-order valence-electron chi connectivity index (χ0n) is 11.2. The van der Waals surface area contributed by atoms with Crippen LogP contribution in [0.1, 0.15) is 58.8 Å². The Bertz CT molecular complexity index is 278. The molecule has 0 aromatic rings. The van der Waals surface area contributed by atoms with Gasteiger partial charge in [-0.15, -0.1) is 0 Å². The van der Waals surface area contributed by atoms with Crippen LogP contribution in [0.15, 0.2) is 0 Å². The predicted octanol–water partition coefficient (Wildman–Crippen LogP) is 3.21. The summed E-state index contributed by atoms with van der Waals surface area (Å²) in [6.07, 6.45) is 4.60. The van der Waals surface area contributed by atoms with E-state index >= 15 is 0 Å². The van der Waals surface area contributed by atoms with Gasteiger partial charge in [-0.05, 0) is 31.4 Å². The van der Waals surface area contributed by atoms with E-state index in [9.17, 15) is 14.7 Å². The van der Waals surface area contributed by atoms with Crippen LogP contribution in [0.3, 0.4) is 0 Å². The number of carbonyl (C=O) groups is 2. The lowest BCUT2D eigenvalue weighted by molar-refractivity contribution is -0.148. The molecule has 0 heterocycles. The first-order valence-electron chi connectivity index (χ1n) is 6.41. The fraction of sp³-hybridized carbons (Fsp3) is 0.846. The van der Waals surface area contributed by atoms with Crippen LogP contribution in [0.5, 0.6) is 0 Å². The van der Waals surface area contributed by atoms with Crippen LogP contribution >= 0.6 is 12.6 Å². The molecule has 0 bridgehead atoms. The number of carboxylic acid groups (broad SMARTS) is 2. The van der Waals surface area contributed by atoms with E-state index in [2.05, 4.69) is 12.6 Å². The molecule has 4 nitrogen and oxygen atoms in total. The van der Waals surface area contributed by atoms with Crippen LogP contribution in [-0.2, 0) is 9.59 Å². The third-order valence-electron chi connectivity index (χ3n) is 3.13. The zero-order valence-corrected chi connectivity index (χ0v) is 12.1. The highest BCUT2D eigenvalue weighted by Gasteiger charge is 2.33. The molecule has 18 heavy (non-hydrogen) atoms. The molecule has 0 aliphatic rings. The normalized spacial score (nSPS) is 15.9. The van der Waals surface area contributed by atoms with Gasteiger partial charge in [0.05, 0.1) is 5.41 Å². The SMILES string of the molecule is CC(S)CC(C)(CCCCCCC(=O)O)C(=O)O. The lowest BCUT2D eigenvalue weighted by Crippen LogP contribution is -2.30. The molecule has 0 aromatic carbocycles. The second-order valence-corrected chi connectivity index (χ2v) is 6.11. The number of rotatable bonds is 10. The lowest BCUT2D eigenvalue weighted by Gasteiger charge is -2.26. The van der Waals surface area contributed by atoms with Gasteiger partial charge in [0, 0.05) is 6.42 Å². The first kappa shape index (κ1) is 17.3. The van der Waals surface area contributed by atoms with E-state index in [1.54, 1.807) is 6.92 Å². The van der Waals surface area contributed by atoms with Crippen molar-refractivity contribution in [3.8, 4) is 0 Å². The molecule has 0 spiro atoms. The van der Waals surface area contributed by atoms with Crippen LogP contribution in [-0.4, -0.2) is 27.4 Å². The van der Waals surface area contributed by atoms with Gasteiger partial charge >= 0.3 is 11.9 Å². The number of thiol groups is 1. The summed E-state index contributed by atoms with van der Waals surface area (Å²) in [5.74, 6) is -1.54. The van der Waals surface area contributed by atoms with Crippen LogP contribution < -0.4 is 0 Å². The summed E-state index contributed by atoms with van der Waals surface area (Å²) in [6, 6.07) is 0. The van der Waals surface area contributed by atoms with E-state index in [0.29, 0.717) is 19.3 Å². The fourth-order valence-corrected chi connectivity index (χ4v) is 2.50. The molecule has 0 fully saturated rings. The quantitative estimate of drug-likeness (QED) is 0.423. The first-order valence-corrected chi connectivity index (χ1v) is 6.93. The Morgan fingerprint density at radius 1 is 1.17 bits per heavy atom. The van der Waals surface area contributed by atoms with Crippen molar-refractivity contribution in [2.24, 2.45) is 5.41 Å². The van der Waals surface area contributed by atoms with Gasteiger partial charge in [-0.3, -0.25) is 9.59 Å².